The molecule has 3 N–H and O–H groups in total. The van der Waals surface area contributed by atoms with Crippen molar-refractivity contribution in [1.29, 1.82) is 0 Å². The van der Waals surface area contributed by atoms with Gasteiger partial charge in [-0.3, -0.25) is 19.7 Å². The smallest absolute Gasteiger partial charge is 0.335 e. The minimum absolute atomic E-state index is 0.0448. The topological polar surface area (TPSA) is 125 Å². The van der Waals surface area contributed by atoms with E-state index in [2.05, 4.69) is 10.6 Å². The number of para-hydroxylation sites is 1. The quantitative estimate of drug-likeness (QED) is 0.356. The Labute approximate surface area is 204 Å². The van der Waals surface area contributed by atoms with E-state index in [4.69, 9.17) is 16.3 Å². The summed E-state index contributed by atoms with van der Waals surface area (Å²) in [6, 6.07) is 17.5. The number of hydrogen-bond donors (Lipinski definition) is 3. The number of nitrogens with zero attached hydrogens (tertiary/aromatic N) is 1. The number of carbonyl (C=O) groups is 4. The fraction of sp³-hybridized carbons (Fsp3) is 0.0400. The third-order valence-corrected chi connectivity index (χ3v) is 5.17. The van der Waals surface area contributed by atoms with Gasteiger partial charge in [0.2, 0.25) is 0 Å². The maximum absolute atomic E-state index is 13.0. The van der Waals surface area contributed by atoms with Crippen LogP contribution in [0.1, 0.15) is 5.56 Å². The molecule has 0 aromatic heterocycles. The first kappa shape index (κ1) is 23.5. The number of benzene rings is 3. The monoisotopic (exact) mass is 491 g/mol. The highest BCUT2D eigenvalue weighted by molar-refractivity contribution is 6.39. The molecule has 1 aliphatic rings. The Kier molecular flexibility index (Phi) is 6.79. The van der Waals surface area contributed by atoms with E-state index in [-0.39, 0.29) is 29.4 Å². The summed E-state index contributed by atoms with van der Waals surface area (Å²) in [5.74, 6) is -1.94. The number of carbonyl (C=O) groups excluding carboxylic acids is 4. The van der Waals surface area contributed by atoms with E-state index in [0.29, 0.717) is 16.3 Å². The highest BCUT2D eigenvalue weighted by Crippen LogP contribution is 2.26. The van der Waals surface area contributed by atoms with Gasteiger partial charge >= 0.3 is 6.03 Å². The predicted molar refractivity (Wildman–Crippen MR) is 129 cm³/mol. The lowest BCUT2D eigenvalue weighted by Crippen LogP contribution is -2.54. The van der Waals surface area contributed by atoms with Crippen LogP contribution >= 0.6 is 11.6 Å². The number of halogens is 1. The Hall–Kier alpha value is -4.63. The molecule has 0 atom stereocenters. The van der Waals surface area contributed by atoms with Crippen LogP contribution in [0.25, 0.3) is 6.08 Å². The average Bonchev–Trinajstić information content (AvgIpc) is 2.83. The summed E-state index contributed by atoms with van der Waals surface area (Å²) in [6.45, 7) is -0.332. The predicted octanol–water partition coefficient (Wildman–Crippen LogP) is 3.73. The molecule has 1 aliphatic heterocycles. The van der Waals surface area contributed by atoms with Crippen LogP contribution in [0.15, 0.2) is 78.4 Å². The van der Waals surface area contributed by atoms with Crippen LogP contribution < -0.4 is 20.3 Å². The zero-order chi connectivity index (χ0) is 24.9. The minimum atomic E-state index is -0.911. The highest BCUT2D eigenvalue weighted by Gasteiger charge is 2.37. The number of aromatic hydroxyl groups is 1. The van der Waals surface area contributed by atoms with E-state index in [1.54, 1.807) is 48.5 Å². The summed E-state index contributed by atoms with van der Waals surface area (Å²) < 4.78 is 5.62. The molecule has 0 unspecified atom stereocenters. The van der Waals surface area contributed by atoms with Gasteiger partial charge in [-0.25, -0.2) is 9.69 Å². The van der Waals surface area contributed by atoms with Gasteiger partial charge in [-0.15, -0.1) is 0 Å². The van der Waals surface area contributed by atoms with E-state index >= 15 is 0 Å². The van der Waals surface area contributed by atoms with Crippen LogP contribution in [0.4, 0.5) is 16.2 Å². The molecule has 0 radical (unpaired) electrons. The van der Waals surface area contributed by atoms with Crippen LogP contribution in [0.5, 0.6) is 11.5 Å². The van der Waals surface area contributed by atoms with E-state index in [0.717, 1.165) is 4.90 Å². The number of urea groups is 1. The fourth-order valence-electron chi connectivity index (χ4n) is 3.25. The number of amides is 5. The van der Waals surface area contributed by atoms with Gasteiger partial charge in [0.25, 0.3) is 17.7 Å². The number of barbiturate groups is 1. The summed E-state index contributed by atoms with van der Waals surface area (Å²) in [5.41, 5.74) is 0.763. The Morgan fingerprint density at radius 1 is 1.00 bits per heavy atom. The first-order chi connectivity index (χ1) is 16.8. The number of hydrogen-bond acceptors (Lipinski definition) is 6. The summed E-state index contributed by atoms with van der Waals surface area (Å²) in [7, 11) is 0. The molecule has 1 fully saturated rings. The molecule has 5 amide bonds. The van der Waals surface area contributed by atoms with E-state index < -0.39 is 23.8 Å². The van der Waals surface area contributed by atoms with E-state index in [1.807, 2.05) is 0 Å². The largest absolute Gasteiger partial charge is 0.508 e. The van der Waals surface area contributed by atoms with Gasteiger partial charge < -0.3 is 15.2 Å². The minimum Gasteiger partial charge on any atom is -0.508 e. The molecular weight excluding hydrogens is 474 g/mol. The fourth-order valence-corrected chi connectivity index (χ4v) is 3.38. The molecule has 0 spiro atoms. The molecule has 3 aromatic carbocycles. The number of phenols is 1. The van der Waals surface area contributed by atoms with Crippen LogP contribution in [0.3, 0.4) is 0 Å². The zero-order valence-corrected chi connectivity index (χ0v) is 18.8. The number of nitrogens with one attached hydrogen (secondary N) is 2. The standard InChI is InChI=1S/C25H18ClN3O6/c26-16-5-7-17(8-6-16)27-22(31)14-35-21-4-2-1-3-15(21)13-20-23(32)28-25(34)29(24(20)33)18-9-11-19(30)12-10-18/h1-13,30H,14H2,(H,27,31)(H,28,32,34)/b20-13+. The Morgan fingerprint density at radius 3 is 2.40 bits per heavy atom. The van der Waals surface area contributed by atoms with Crippen LogP contribution in [-0.2, 0) is 14.4 Å². The Balaban J connectivity index is 1.53. The molecule has 0 aliphatic carbocycles. The van der Waals surface area contributed by atoms with Gasteiger partial charge in [0.15, 0.2) is 6.61 Å². The van der Waals surface area contributed by atoms with Gasteiger partial charge in [0.05, 0.1) is 5.69 Å². The van der Waals surface area contributed by atoms with Crippen molar-refractivity contribution < 1.29 is 29.0 Å². The maximum Gasteiger partial charge on any atom is 0.335 e. The number of imide groups is 2. The lowest BCUT2D eigenvalue weighted by atomic mass is 10.1. The molecule has 1 heterocycles. The Morgan fingerprint density at radius 2 is 1.69 bits per heavy atom. The van der Waals surface area contributed by atoms with Gasteiger partial charge in [0.1, 0.15) is 17.1 Å². The summed E-state index contributed by atoms with van der Waals surface area (Å²) in [6.07, 6.45) is 1.28. The lowest BCUT2D eigenvalue weighted by Gasteiger charge is -2.26. The van der Waals surface area contributed by atoms with Gasteiger partial charge in [-0.1, -0.05) is 29.8 Å². The molecular formula is C25H18ClN3O6. The molecule has 176 valence electrons. The number of ether oxygens (including phenoxy) is 1. The Bertz CT molecular complexity index is 1340. The van der Waals surface area contributed by atoms with Crippen molar-refractivity contribution >= 4 is 52.8 Å². The second kappa shape index (κ2) is 10.1. The normalized spacial score (nSPS) is 14.6. The summed E-state index contributed by atoms with van der Waals surface area (Å²) in [5, 5.41) is 14.8. The molecule has 10 heteroatoms. The molecule has 0 bridgehead atoms. The molecule has 4 rings (SSSR count). The maximum atomic E-state index is 13.0. The van der Waals surface area contributed by atoms with Crippen LogP contribution in [0, 0.1) is 0 Å². The van der Waals surface area contributed by atoms with E-state index in [1.165, 1.54) is 30.3 Å². The highest BCUT2D eigenvalue weighted by atomic mass is 35.5. The van der Waals surface area contributed by atoms with Crippen molar-refractivity contribution in [2.45, 2.75) is 0 Å². The van der Waals surface area contributed by atoms with Gasteiger partial charge in [0, 0.05) is 16.3 Å². The van der Waals surface area contributed by atoms with Crippen molar-refractivity contribution in [2.24, 2.45) is 0 Å². The second-order valence-electron chi connectivity index (χ2n) is 7.36. The number of rotatable bonds is 6. The SMILES string of the molecule is O=C(COc1ccccc1/C=C1\C(=O)NC(=O)N(c2ccc(O)cc2)C1=O)Nc1ccc(Cl)cc1. The van der Waals surface area contributed by atoms with Crippen LogP contribution in [0.2, 0.25) is 5.02 Å². The third-order valence-electron chi connectivity index (χ3n) is 4.92. The van der Waals surface area contributed by atoms with Gasteiger partial charge in [-0.2, -0.15) is 0 Å². The van der Waals surface area contributed by atoms with Crippen molar-refractivity contribution in [3.63, 3.8) is 0 Å². The molecule has 9 nitrogen and oxygen atoms in total. The van der Waals surface area contributed by atoms with Gasteiger partial charge in [-0.05, 0) is 60.7 Å². The molecule has 3 aromatic rings. The third kappa shape index (κ3) is 5.48. The molecule has 1 saturated heterocycles. The average molecular weight is 492 g/mol. The lowest BCUT2D eigenvalue weighted by molar-refractivity contribution is -0.122. The summed E-state index contributed by atoms with van der Waals surface area (Å²) in [4.78, 5) is 50.9. The second-order valence-corrected chi connectivity index (χ2v) is 7.79. The van der Waals surface area contributed by atoms with E-state index in [9.17, 15) is 24.3 Å². The first-order valence-electron chi connectivity index (χ1n) is 10.3. The van der Waals surface area contributed by atoms with Crippen LogP contribution in [-0.4, -0.2) is 35.5 Å². The molecule has 0 saturated carbocycles. The van der Waals surface area contributed by atoms with Crippen molar-refractivity contribution in [1.82, 2.24) is 5.32 Å². The summed E-state index contributed by atoms with van der Waals surface area (Å²) >= 11 is 5.84. The number of phenolic OH excluding ortho intramolecular Hbond substituents is 1. The van der Waals surface area contributed by atoms with Crippen molar-refractivity contribution in [2.75, 3.05) is 16.8 Å². The zero-order valence-electron chi connectivity index (χ0n) is 18.0. The number of anilines is 2. The molecule has 35 heavy (non-hydrogen) atoms. The first-order valence-corrected chi connectivity index (χ1v) is 10.7. The van der Waals surface area contributed by atoms with Crippen molar-refractivity contribution in [3.8, 4) is 11.5 Å². The van der Waals surface area contributed by atoms with Crippen molar-refractivity contribution in [3.05, 3.63) is 89.0 Å².